The lowest BCUT2D eigenvalue weighted by Gasteiger charge is -2.22. The van der Waals surface area contributed by atoms with Crippen molar-refractivity contribution in [2.75, 3.05) is 46.0 Å². The van der Waals surface area contributed by atoms with Gasteiger partial charge in [0.1, 0.15) is 24.0 Å². The van der Waals surface area contributed by atoms with Gasteiger partial charge in [0.2, 0.25) is 15.8 Å². The van der Waals surface area contributed by atoms with E-state index in [1.807, 2.05) is 42.5 Å². The zero-order chi connectivity index (χ0) is 22.0. The Labute approximate surface area is 191 Å². The van der Waals surface area contributed by atoms with Crippen LogP contribution < -0.4 is 18.9 Å². The molecule has 0 spiro atoms. The molecule has 1 unspecified atom stereocenters. The van der Waals surface area contributed by atoms with Crippen LogP contribution in [0.3, 0.4) is 0 Å². The highest BCUT2D eigenvalue weighted by molar-refractivity contribution is 7.91. The molecule has 0 radical (unpaired) electrons. The highest BCUT2D eigenvalue weighted by atomic mass is 32.2. The van der Waals surface area contributed by atoms with Crippen molar-refractivity contribution in [2.24, 2.45) is 5.92 Å². The molecule has 1 aromatic heterocycles. The zero-order valence-electron chi connectivity index (χ0n) is 17.7. The van der Waals surface area contributed by atoms with Gasteiger partial charge >= 0.3 is 0 Å². The topological polar surface area (TPSA) is 77.1 Å². The molecule has 7 nitrogen and oxygen atoms in total. The predicted octanol–water partition coefficient (Wildman–Crippen LogP) is 3.35. The number of fused-ring (bicyclic) bond motifs is 2. The molecule has 2 aliphatic heterocycles. The van der Waals surface area contributed by atoms with Crippen LogP contribution in [-0.4, -0.2) is 59.3 Å². The van der Waals surface area contributed by atoms with Gasteiger partial charge in [-0.2, -0.15) is 0 Å². The van der Waals surface area contributed by atoms with Crippen LogP contribution in [0.25, 0.3) is 10.1 Å². The van der Waals surface area contributed by atoms with Gasteiger partial charge in [-0.05, 0) is 48.5 Å². The molecule has 2 aromatic carbocycles. The third-order valence-electron chi connectivity index (χ3n) is 5.79. The molecule has 9 heteroatoms. The van der Waals surface area contributed by atoms with Crippen molar-refractivity contribution in [2.45, 2.75) is 10.6 Å². The summed E-state index contributed by atoms with van der Waals surface area (Å²) in [6.07, 6.45) is 0.965. The number of para-hydroxylation sites is 1. The van der Waals surface area contributed by atoms with Gasteiger partial charge in [0.25, 0.3) is 0 Å². The minimum atomic E-state index is -3.49. The first-order valence-electron chi connectivity index (χ1n) is 10.8. The maximum absolute atomic E-state index is 12.7. The summed E-state index contributed by atoms with van der Waals surface area (Å²) in [6, 6.07) is 15.1. The first-order chi connectivity index (χ1) is 15.6. The first kappa shape index (κ1) is 21.5. The number of rotatable bonds is 8. The molecule has 0 aliphatic carbocycles. The third kappa shape index (κ3) is 4.71. The van der Waals surface area contributed by atoms with Gasteiger partial charge in [0, 0.05) is 24.3 Å². The molecule has 32 heavy (non-hydrogen) atoms. The summed E-state index contributed by atoms with van der Waals surface area (Å²) in [7, 11) is -3.49. The average molecular weight is 475 g/mol. The van der Waals surface area contributed by atoms with Crippen LogP contribution in [0.2, 0.25) is 0 Å². The molecular formula is C23H26N2O5S2. The van der Waals surface area contributed by atoms with Crippen LogP contribution in [0, 0.1) is 5.92 Å². The van der Waals surface area contributed by atoms with E-state index in [1.165, 1.54) is 11.3 Å². The van der Waals surface area contributed by atoms with E-state index in [2.05, 4.69) is 9.62 Å². The number of thiophene rings is 1. The monoisotopic (exact) mass is 474 g/mol. The normalized spacial score (nSPS) is 18.8. The molecule has 170 valence electrons. The smallest absolute Gasteiger partial charge is 0.250 e. The van der Waals surface area contributed by atoms with E-state index in [9.17, 15) is 8.42 Å². The lowest BCUT2D eigenvalue weighted by molar-refractivity contribution is 0.158. The Balaban J connectivity index is 1.10. The quantitative estimate of drug-likeness (QED) is 0.540. The third-order valence-corrected chi connectivity index (χ3v) is 8.81. The second kappa shape index (κ2) is 9.27. The van der Waals surface area contributed by atoms with Crippen molar-refractivity contribution in [3.8, 4) is 17.2 Å². The Kier molecular flexibility index (Phi) is 6.23. The number of hydrogen-bond donors (Lipinski definition) is 1. The van der Waals surface area contributed by atoms with E-state index in [0.29, 0.717) is 48.0 Å². The van der Waals surface area contributed by atoms with Crippen molar-refractivity contribution in [1.29, 1.82) is 0 Å². The molecule has 2 aliphatic rings. The molecule has 1 N–H and O–H groups in total. The van der Waals surface area contributed by atoms with E-state index in [4.69, 9.17) is 14.2 Å². The fourth-order valence-electron chi connectivity index (χ4n) is 4.12. The molecular weight excluding hydrogens is 448 g/mol. The first-order valence-corrected chi connectivity index (χ1v) is 13.1. The molecule has 3 aromatic rings. The van der Waals surface area contributed by atoms with Gasteiger partial charge in [-0.3, -0.25) is 4.90 Å². The molecule has 0 saturated carbocycles. The minimum absolute atomic E-state index is 0.292. The van der Waals surface area contributed by atoms with Crippen molar-refractivity contribution < 1.29 is 22.6 Å². The van der Waals surface area contributed by atoms with Crippen molar-refractivity contribution in [1.82, 2.24) is 9.62 Å². The summed E-state index contributed by atoms with van der Waals surface area (Å²) in [6.45, 7) is 4.64. The number of sulfonamides is 1. The Bertz CT molecular complexity index is 1160. The largest absolute Gasteiger partial charge is 0.488 e. The minimum Gasteiger partial charge on any atom is -0.488 e. The van der Waals surface area contributed by atoms with E-state index in [0.717, 1.165) is 41.9 Å². The number of benzene rings is 2. The van der Waals surface area contributed by atoms with E-state index in [-0.39, 0.29) is 0 Å². The van der Waals surface area contributed by atoms with Gasteiger partial charge in [-0.15, -0.1) is 11.3 Å². The van der Waals surface area contributed by atoms with E-state index in [1.54, 1.807) is 6.07 Å². The summed E-state index contributed by atoms with van der Waals surface area (Å²) in [5, 5.41) is 0.960. The zero-order valence-corrected chi connectivity index (χ0v) is 19.3. The van der Waals surface area contributed by atoms with Crippen molar-refractivity contribution in [3.05, 3.63) is 48.5 Å². The van der Waals surface area contributed by atoms with Crippen LogP contribution in [0.1, 0.15) is 6.42 Å². The van der Waals surface area contributed by atoms with E-state index >= 15 is 0 Å². The Hall–Kier alpha value is -2.33. The van der Waals surface area contributed by atoms with E-state index < -0.39 is 10.0 Å². The number of likely N-dealkylation sites (tertiary alicyclic amines) is 1. The number of nitrogens with one attached hydrogen (secondary N) is 1. The summed E-state index contributed by atoms with van der Waals surface area (Å²) >= 11 is 1.31. The Morgan fingerprint density at radius 1 is 1.12 bits per heavy atom. The molecule has 1 saturated heterocycles. The van der Waals surface area contributed by atoms with Crippen molar-refractivity contribution >= 4 is 31.4 Å². The lowest BCUT2D eigenvalue weighted by Crippen LogP contribution is -2.31. The number of hydrogen-bond acceptors (Lipinski definition) is 7. The number of ether oxygens (including phenoxy) is 3. The van der Waals surface area contributed by atoms with Gasteiger partial charge in [0.15, 0.2) is 11.5 Å². The predicted molar refractivity (Wildman–Crippen MR) is 124 cm³/mol. The van der Waals surface area contributed by atoms with Crippen LogP contribution >= 0.6 is 11.3 Å². The van der Waals surface area contributed by atoms with Gasteiger partial charge in [-0.25, -0.2) is 13.1 Å². The van der Waals surface area contributed by atoms with Crippen LogP contribution in [0.5, 0.6) is 17.2 Å². The summed E-state index contributed by atoms with van der Waals surface area (Å²) in [5.74, 6) is 2.39. The fourth-order valence-corrected chi connectivity index (χ4v) is 6.68. The molecule has 1 fully saturated rings. The Morgan fingerprint density at radius 3 is 2.91 bits per heavy atom. The van der Waals surface area contributed by atoms with Gasteiger partial charge in [0.05, 0.1) is 0 Å². The summed E-state index contributed by atoms with van der Waals surface area (Å²) in [5.41, 5.74) is 0. The highest BCUT2D eigenvalue weighted by Crippen LogP contribution is 2.39. The summed E-state index contributed by atoms with van der Waals surface area (Å²) in [4.78, 5) is 2.31. The highest BCUT2D eigenvalue weighted by Gasteiger charge is 2.25. The number of nitrogens with zero attached hydrogens (tertiary/aromatic N) is 1. The standard InChI is InChI=1S/C23H26N2O5S2/c26-32(27,22-14-18-4-1-2-7-21(18)31-22)24-15-17-8-9-25(16-17)10-11-28-19-5-3-6-20-23(19)30-13-12-29-20/h1-7,14,17,24H,8-13,15-16H2. The second-order valence-corrected chi connectivity index (χ2v) is 11.1. The molecule has 5 rings (SSSR count). The molecule has 0 amide bonds. The van der Waals surface area contributed by atoms with Crippen molar-refractivity contribution in [3.63, 3.8) is 0 Å². The fraction of sp³-hybridized carbons (Fsp3) is 0.391. The van der Waals surface area contributed by atoms with Crippen LogP contribution in [0.15, 0.2) is 52.7 Å². The second-order valence-electron chi connectivity index (χ2n) is 8.04. The van der Waals surface area contributed by atoms with Crippen LogP contribution in [0.4, 0.5) is 0 Å². The molecule has 1 atom stereocenters. The maximum Gasteiger partial charge on any atom is 0.250 e. The van der Waals surface area contributed by atoms with Gasteiger partial charge < -0.3 is 14.2 Å². The Morgan fingerprint density at radius 2 is 2.00 bits per heavy atom. The molecule has 0 bridgehead atoms. The SMILES string of the molecule is O=S(=O)(NCC1CCN(CCOc2cccc3c2OCCO3)C1)c1cc2ccccc2s1. The van der Waals surface area contributed by atoms with Crippen LogP contribution in [-0.2, 0) is 10.0 Å². The maximum atomic E-state index is 12.7. The summed E-state index contributed by atoms with van der Waals surface area (Å²) < 4.78 is 46.8. The van der Waals surface area contributed by atoms with Gasteiger partial charge in [-0.1, -0.05) is 24.3 Å². The molecule has 3 heterocycles. The average Bonchev–Trinajstić information content (AvgIpc) is 3.45. The lowest BCUT2D eigenvalue weighted by atomic mass is 10.1.